The summed E-state index contributed by atoms with van der Waals surface area (Å²) in [5, 5.41) is 17.0. The summed E-state index contributed by atoms with van der Waals surface area (Å²) in [5.74, 6) is -1.71. The molecule has 0 aliphatic carbocycles. The Kier molecular flexibility index (Phi) is 3.84. The van der Waals surface area contributed by atoms with Crippen molar-refractivity contribution in [2.45, 2.75) is 0 Å². The maximum Gasteiger partial charge on any atom is 0.358 e. The van der Waals surface area contributed by atoms with Crippen LogP contribution in [0.25, 0.3) is 11.3 Å². The first-order valence-corrected chi connectivity index (χ1v) is 6.77. The van der Waals surface area contributed by atoms with Crippen LogP contribution >= 0.6 is 0 Å². The molecule has 0 atom stereocenters. The van der Waals surface area contributed by atoms with Gasteiger partial charge in [0.15, 0.2) is 5.69 Å². The summed E-state index contributed by atoms with van der Waals surface area (Å²) in [5.41, 5.74) is 3.39. The zero-order chi connectivity index (χ0) is 16.2. The van der Waals surface area contributed by atoms with E-state index in [-0.39, 0.29) is 11.4 Å². The summed E-state index contributed by atoms with van der Waals surface area (Å²) in [6.07, 6.45) is 0. The first kappa shape index (κ1) is 14.5. The largest absolute Gasteiger partial charge is 0.476 e. The van der Waals surface area contributed by atoms with Crippen LogP contribution in [0.4, 0.5) is 0 Å². The highest BCUT2D eigenvalue weighted by molar-refractivity contribution is 6.01. The first-order valence-electron chi connectivity index (χ1n) is 6.77. The molecule has 0 unspecified atom stereocenters. The van der Waals surface area contributed by atoms with Gasteiger partial charge in [-0.3, -0.25) is 4.79 Å². The van der Waals surface area contributed by atoms with E-state index in [4.69, 9.17) is 0 Å². The van der Waals surface area contributed by atoms with E-state index in [1.807, 2.05) is 6.07 Å². The molecule has 23 heavy (non-hydrogen) atoms. The van der Waals surface area contributed by atoms with E-state index in [0.29, 0.717) is 11.1 Å². The lowest BCUT2D eigenvalue weighted by Crippen LogP contribution is -2.27. The molecule has 0 aliphatic heterocycles. The Bertz CT molecular complexity index is 844. The van der Waals surface area contributed by atoms with Gasteiger partial charge in [-0.1, -0.05) is 48.5 Å². The van der Waals surface area contributed by atoms with E-state index >= 15 is 0 Å². The number of aromatic carboxylic acids is 1. The molecule has 2 N–H and O–H groups in total. The molecular weight excluding hydrogens is 296 g/mol. The van der Waals surface area contributed by atoms with Gasteiger partial charge in [0.05, 0.1) is 0 Å². The summed E-state index contributed by atoms with van der Waals surface area (Å²) in [6.45, 7) is 0. The Labute approximate surface area is 131 Å². The average Bonchev–Trinajstić information content (AvgIpc) is 3.00. The molecule has 1 amide bonds. The van der Waals surface area contributed by atoms with E-state index in [9.17, 15) is 14.7 Å². The lowest BCUT2D eigenvalue weighted by atomic mass is 10.1. The molecule has 7 nitrogen and oxygen atoms in total. The zero-order valence-corrected chi connectivity index (χ0v) is 11.9. The quantitative estimate of drug-likeness (QED) is 0.768. The van der Waals surface area contributed by atoms with Crippen LogP contribution in [0, 0.1) is 0 Å². The number of hydrogen-bond donors (Lipinski definition) is 2. The predicted octanol–water partition coefficient (Wildman–Crippen LogP) is 2.03. The standard InChI is InChI=1S/C16H12N4O3/c21-15(12-9-5-2-6-10-12)18-20-14(16(22)23)13(17-19-20)11-7-3-1-4-8-11/h1-10H,(H,18,21)(H,22,23). The van der Waals surface area contributed by atoms with Crippen LogP contribution in [0.15, 0.2) is 60.7 Å². The second-order valence-corrected chi connectivity index (χ2v) is 4.68. The fourth-order valence-corrected chi connectivity index (χ4v) is 2.09. The molecule has 0 bridgehead atoms. The van der Waals surface area contributed by atoms with Crippen molar-refractivity contribution in [2.24, 2.45) is 0 Å². The third kappa shape index (κ3) is 2.93. The molecule has 0 saturated heterocycles. The monoisotopic (exact) mass is 308 g/mol. The van der Waals surface area contributed by atoms with Gasteiger partial charge in [-0.25, -0.2) is 10.2 Å². The maximum absolute atomic E-state index is 12.1. The molecule has 2 aromatic carbocycles. The highest BCUT2D eigenvalue weighted by Gasteiger charge is 2.22. The molecule has 0 aliphatic rings. The van der Waals surface area contributed by atoms with Crippen molar-refractivity contribution >= 4 is 11.9 Å². The van der Waals surface area contributed by atoms with Crippen LogP contribution in [0.2, 0.25) is 0 Å². The number of amides is 1. The Balaban J connectivity index is 1.96. The van der Waals surface area contributed by atoms with Crippen molar-refractivity contribution in [1.82, 2.24) is 15.1 Å². The van der Waals surface area contributed by atoms with E-state index in [1.54, 1.807) is 54.6 Å². The number of nitrogens with zero attached hydrogens (tertiary/aromatic N) is 3. The smallest absolute Gasteiger partial charge is 0.358 e. The molecule has 114 valence electrons. The van der Waals surface area contributed by atoms with E-state index in [2.05, 4.69) is 15.7 Å². The Hall–Kier alpha value is -3.48. The number of nitrogens with one attached hydrogen (secondary N) is 1. The summed E-state index contributed by atoms with van der Waals surface area (Å²) < 4.78 is 0. The number of carbonyl (C=O) groups excluding carboxylic acids is 1. The average molecular weight is 308 g/mol. The molecule has 7 heteroatoms. The SMILES string of the molecule is O=C(Nn1nnc(-c2ccccc2)c1C(=O)O)c1ccccc1. The minimum atomic E-state index is -1.23. The van der Waals surface area contributed by atoms with Crippen LogP contribution in [0.1, 0.15) is 20.8 Å². The van der Waals surface area contributed by atoms with Crippen LogP contribution in [-0.2, 0) is 0 Å². The van der Waals surface area contributed by atoms with Gasteiger partial charge in [0.1, 0.15) is 5.69 Å². The fourth-order valence-electron chi connectivity index (χ4n) is 2.09. The van der Waals surface area contributed by atoms with Gasteiger partial charge in [-0.05, 0) is 17.3 Å². The summed E-state index contributed by atoms with van der Waals surface area (Å²) in [4.78, 5) is 24.6. The van der Waals surface area contributed by atoms with Gasteiger partial charge in [-0.2, -0.15) is 0 Å². The number of hydrogen-bond acceptors (Lipinski definition) is 4. The number of carbonyl (C=O) groups is 2. The van der Waals surface area contributed by atoms with Gasteiger partial charge in [0.2, 0.25) is 0 Å². The van der Waals surface area contributed by atoms with Crippen molar-refractivity contribution in [2.75, 3.05) is 5.43 Å². The number of carboxylic acid groups (broad SMARTS) is 1. The molecule has 3 rings (SSSR count). The molecule has 0 saturated carbocycles. The van der Waals surface area contributed by atoms with Crippen molar-refractivity contribution in [3.63, 3.8) is 0 Å². The Morgan fingerprint density at radius 2 is 1.57 bits per heavy atom. The summed E-state index contributed by atoms with van der Waals surface area (Å²) in [6, 6.07) is 17.2. The molecule has 0 fully saturated rings. The zero-order valence-electron chi connectivity index (χ0n) is 11.9. The number of carboxylic acids is 1. The third-order valence-corrected chi connectivity index (χ3v) is 3.16. The van der Waals surface area contributed by atoms with Crippen LogP contribution in [0.3, 0.4) is 0 Å². The number of rotatable bonds is 4. The van der Waals surface area contributed by atoms with Crippen LogP contribution in [0.5, 0.6) is 0 Å². The van der Waals surface area contributed by atoms with Crippen LogP contribution < -0.4 is 5.43 Å². The molecular formula is C16H12N4O3. The minimum Gasteiger partial charge on any atom is -0.476 e. The highest BCUT2D eigenvalue weighted by Crippen LogP contribution is 2.20. The maximum atomic E-state index is 12.1. The number of benzene rings is 2. The van der Waals surface area contributed by atoms with Gasteiger partial charge < -0.3 is 5.11 Å². The molecule has 0 radical (unpaired) electrons. The summed E-state index contributed by atoms with van der Waals surface area (Å²) in [7, 11) is 0. The van der Waals surface area contributed by atoms with Crippen molar-refractivity contribution in [3.8, 4) is 11.3 Å². The first-order chi connectivity index (χ1) is 11.2. The molecule has 1 aromatic heterocycles. The number of aromatic nitrogens is 3. The third-order valence-electron chi connectivity index (χ3n) is 3.16. The lowest BCUT2D eigenvalue weighted by Gasteiger charge is -2.06. The lowest BCUT2D eigenvalue weighted by molar-refractivity contribution is 0.0686. The minimum absolute atomic E-state index is 0.187. The second-order valence-electron chi connectivity index (χ2n) is 4.68. The van der Waals surface area contributed by atoms with Crippen molar-refractivity contribution in [1.29, 1.82) is 0 Å². The highest BCUT2D eigenvalue weighted by atomic mass is 16.4. The Morgan fingerprint density at radius 3 is 2.17 bits per heavy atom. The van der Waals surface area contributed by atoms with E-state index in [0.717, 1.165) is 4.79 Å². The van der Waals surface area contributed by atoms with Crippen LogP contribution in [-0.4, -0.2) is 32.1 Å². The Morgan fingerprint density at radius 1 is 0.957 bits per heavy atom. The van der Waals surface area contributed by atoms with Gasteiger partial charge in [0.25, 0.3) is 5.91 Å². The van der Waals surface area contributed by atoms with E-state index < -0.39 is 11.9 Å². The predicted molar refractivity (Wildman–Crippen MR) is 82.6 cm³/mol. The van der Waals surface area contributed by atoms with Gasteiger partial charge >= 0.3 is 5.97 Å². The van der Waals surface area contributed by atoms with E-state index in [1.165, 1.54) is 0 Å². The molecule has 1 heterocycles. The van der Waals surface area contributed by atoms with Gasteiger partial charge in [-0.15, -0.1) is 9.89 Å². The fraction of sp³-hybridized carbons (Fsp3) is 0. The van der Waals surface area contributed by atoms with Crippen molar-refractivity contribution in [3.05, 3.63) is 71.9 Å². The summed E-state index contributed by atoms with van der Waals surface area (Å²) >= 11 is 0. The normalized spacial score (nSPS) is 10.3. The van der Waals surface area contributed by atoms with Gasteiger partial charge in [0, 0.05) is 11.1 Å². The second kappa shape index (κ2) is 6.10. The topological polar surface area (TPSA) is 97.1 Å². The van der Waals surface area contributed by atoms with Crippen molar-refractivity contribution < 1.29 is 14.7 Å². The molecule has 3 aromatic rings. The molecule has 0 spiro atoms.